The van der Waals surface area contributed by atoms with E-state index in [1.54, 1.807) is 0 Å². The van der Waals surface area contributed by atoms with Crippen LogP contribution in [0, 0.1) is 0 Å². The van der Waals surface area contributed by atoms with Crippen molar-refractivity contribution >= 4 is 31.3 Å². The summed E-state index contributed by atoms with van der Waals surface area (Å²) < 4.78 is 5.93. The number of benzene rings is 1. The molecule has 2 aliphatic heterocycles. The van der Waals surface area contributed by atoms with Crippen LogP contribution in [0.25, 0.3) is 0 Å². The number of halogens is 1. The highest BCUT2D eigenvalue weighted by Gasteiger charge is 2.51. The summed E-state index contributed by atoms with van der Waals surface area (Å²) in [7, 11) is -1.12. The normalized spacial score (nSPS) is 20.0. The number of carbonyl (C=O) groups is 1. The molecule has 1 amide bonds. The molecule has 0 bridgehead atoms. The number of ether oxygens (including phenoxy) is 1. The number of alkyl halides is 1. The molecular formula is C20H31ClN2O2Si. The van der Waals surface area contributed by atoms with Crippen molar-refractivity contribution in [3.63, 3.8) is 0 Å². The Morgan fingerprint density at radius 1 is 1.19 bits per heavy atom. The first-order valence-corrected chi connectivity index (χ1v) is 13.9. The average Bonchev–Trinajstić information content (AvgIpc) is 2.83. The average molecular weight is 395 g/mol. The van der Waals surface area contributed by atoms with E-state index < -0.39 is 8.07 Å². The number of anilines is 1. The fraction of sp³-hybridized carbons (Fsp3) is 0.650. The Balaban J connectivity index is 1.72. The van der Waals surface area contributed by atoms with Crippen LogP contribution in [0.2, 0.25) is 25.7 Å². The standard InChI is InChI=1S/C20H31ClN2O2Si/c1-26(2,3)15-14-25-16-23-18-7-5-4-6-17(18)20(19(23)24)8-11-22(12-9-20)13-10-21/h4-7H,8-16H2,1-3H3. The maximum absolute atomic E-state index is 13.4. The smallest absolute Gasteiger partial charge is 0.239 e. The highest BCUT2D eigenvalue weighted by molar-refractivity contribution is 6.76. The molecule has 0 aliphatic carbocycles. The van der Waals surface area contributed by atoms with Crippen molar-refractivity contribution in [2.45, 2.75) is 43.9 Å². The molecule has 2 aliphatic rings. The summed E-state index contributed by atoms with van der Waals surface area (Å²) in [6.07, 6.45) is 1.73. The predicted octanol–water partition coefficient (Wildman–Crippen LogP) is 3.92. The van der Waals surface area contributed by atoms with E-state index in [9.17, 15) is 4.79 Å². The van der Waals surface area contributed by atoms with Crippen LogP contribution in [0.3, 0.4) is 0 Å². The maximum atomic E-state index is 13.4. The molecule has 0 unspecified atom stereocenters. The van der Waals surface area contributed by atoms with Crippen molar-refractivity contribution in [3.8, 4) is 0 Å². The summed E-state index contributed by atoms with van der Waals surface area (Å²) in [5, 5.41) is 0. The predicted molar refractivity (Wildman–Crippen MR) is 111 cm³/mol. The Bertz CT molecular complexity index is 639. The summed E-state index contributed by atoms with van der Waals surface area (Å²) in [5.41, 5.74) is 1.85. The molecule has 3 rings (SSSR count). The van der Waals surface area contributed by atoms with Crippen molar-refractivity contribution in [2.24, 2.45) is 0 Å². The molecule has 26 heavy (non-hydrogen) atoms. The number of hydrogen-bond donors (Lipinski definition) is 0. The van der Waals surface area contributed by atoms with Crippen molar-refractivity contribution in [1.82, 2.24) is 4.90 Å². The highest BCUT2D eigenvalue weighted by atomic mass is 35.5. The Morgan fingerprint density at radius 2 is 1.88 bits per heavy atom. The number of amides is 1. The van der Waals surface area contributed by atoms with E-state index in [0.717, 1.165) is 50.8 Å². The zero-order chi connectivity index (χ0) is 18.8. The Kier molecular flexibility index (Phi) is 6.12. The molecule has 0 aromatic heterocycles. The molecule has 1 spiro atoms. The number of carbonyl (C=O) groups excluding carboxylic acids is 1. The van der Waals surface area contributed by atoms with E-state index in [-0.39, 0.29) is 11.3 Å². The summed E-state index contributed by atoms with van der Waals surface area (Å²) in [5.74, 6) is 0.867. The maximum Gasteiger partial charge on any atom is 0.239 e. The molecule has 144 valence electrons. The van der Waals surface area contributed by atoms with Crippen LogP contribution in [0.15, 0.2) is 24.3 Å². The first kappa shape index (κ1) is 19.9. The summed E-state index contributed by atoms with van der Waals surface area (Å²) >= 11 is 5.89. The van der Waals surface area contributed by atoms with E-state index >= 15 is 0 Å². The molecule has 0 saturated carbocycles. The number of rotatable bonds is 7. The minimum absolute atomic E-state index is 0.220. The Labute approximate surface area is 163 Å². The first-order valence-electron chi connectivity index (χ1n) is 9.65. The van der Waals surface area contributed by atoms with Gasteiger partial charge in [0.1, 0.15) is 6.73 Å². The molecule has 1 aromatic carbocycles. The van der Waals surface area contributed by atoms with Crippen LogP contribution in [-0.2, 0) is 14.9 Å². The number of fused-ring (bicyclic) bond motifs is 2. The van der Waals surface area contributed by atoms with E-state index in [4.69, 9.17) is 16.3 Å². The first-order chi connectivity index (χ1) is 12.4. The van der Waals surface area contributed by atoms with Gasteiger partial charge < -0.3 is 9.64 Å². The molecular weight excluding hydrogens is 364 g/mol. The van der Waals surface area contributed by atoms with Gasteiger partial charge >= 0.3 is 0 Å². The van der Waals surface area contributed by atoms with Crippen molar-refractivity contribution in [2.75, 3.05) is 43.8 Å². The molecule has 2 heterocycles. The van der Waals surface area contributed by atoms with Crippen molar-refractivity contribution < 1.29 is 9.53 Å². The van der Waals surface area contributed by atoms with Gasteiger partial charge in [0.15, 0.2) is 0 Å². The minimum atomic E-state index is -1.12. The fourth-order valence-electron chi connectivity index (χ4n) is 4.02. The van der Waals surface area contributed by atoms with Gasteiger partial charge in [-0.2, -0.15) is 0 Å². The second-order valence-electron chi connectivity index (χ2n) is 8.71. The lowest BCUT2D eigenvalue weighted by Crippen LogP contribution is -2.49. The van der Waals surface area contributed by atoms with Gasteiger partial charge in [-0.05, 0) is 43.6 Å². The summed E-state index contributed by atoms with van der Waals surface area (Å²) in [6, 6.07) is 9.38. The lowest BCUT2D eigenvalue weighted by molar-refractivity contribution is -0.126. The van der Waals surface area contributed by atoms with Crippen LogP contribution in [0.4, 0.5) is 5.69 Å². The second kappa shape index (κ2) is 8.01. The third-order valence-electron chi connectivity index (χ3n) is 5.69. The fourth-order valence-corrected chi connectivity index (χ4v) is 5.02. The molecule has 4 nitrogen and oxygen atoms in total. The molecule has 1 aromatic rings. The van der Waals surface area contributed by atoms with Crippen molar-refractivity contribution in [1.29, 1.82) is 0 Å². The van der Waals surface area contributed by atoms with Crippen LogP contribution < -0.4 is 4.90 Å². The largest absolute Gasteiger partial charge is 0.361 e. The Hall–Kier alpha value is -0.883. The van der Waals surface area contributed by atoms with E-state index in [1.165, 1.54) is 5.56 Å². The van der Waals surface area contributed by atoms with Gasteiger partial charge in [0, 0.05) is 27.1 Å². The lowest BCUT2D eigenvalue weighted by atomic mass is 9.73. The number of likely N-dealkylation sites (tertiary alicyclic amines) is 1. The zero-order valence-electron chi connectivity index (χ0n) is 16.3. The quantitative estimate of drug-likeness (QED) is 0.399. The second-order valence-corrected chi connectivity index (χ2v) is 14.7. The number of hydrogen-bond acceptors (Lipinski definition) is 3. The van der Waals surface area contributed by atoms with Gasteiger partial charge in [-0.15, -0.1) is 11.6 Å². The summed E-state index contributed by atoms with van der Waals surface area (Å²) in [4.78, 5) is 17.6. The van der Waals surface area contributed by atoms with Crippen molar-refractivity contribution in [3.05, 3.63) is 29.8 Å². The number of para-hydroxylation sites is 1. The van der Waals surface area contributed by atoms with Crippen LogP contribution in [0.5, 0.6) is 0 Å². The van der Waals surface area contributed by atoms with E-state index in [0.29, 0.717) is 12.6 Å². The van der Waals surface area contributed by atoms with E-state index in [2.05, 4.69) is 42.7 Å². The van der Waals surface area contributed by atoms with E-state index in [1.807, 2.05) is 11.0 Å². The molecule has 0 atom stereocenters. The minimum Gasteiger partial charge on any atom is -0.361 e. The number of piperidine rings is 1. The van der Waals surface area contributed by atoms with Gasteiger partial charge in [-0.25, -0.2) is 0 Å². The molecule has 1 saturated heterocycles. The molecule has 0 N–H and O–H groups in total. The zero-order valence-corrected chi connectivity index (χ0v) is 18.0. The van der Waals surface area contributed by atoms with Gasteiger partial charge in [0.2, 0.25) is 5.91 Å². The van der Waals surface area contributed by atoms with Crippen LogP contribution in [-0.4, -0.2) is 57.7 Å². The Morgan fingerprint density at radius 3 is 2.54 bits per heavy atom. The van der Waals surface area contributed by atoms with Gasteiger partial charge in [-0.3, -0.25) is 9.69 Å². The third-order valence-corrected chi connectivity index (χ3v) is 7.57. The topological polar surface area (TPSA) is 32.8 Å². The lowest BCUT2D eigenvalue weighted by Gasteiger charge is -2.38. The molecule has 1 fully saturated rings. The van der Waals surface area contributed by atoms with Gasteiger partial charge in [0.05, 0.1) is 11.1 Å². The van der Waals surface area contributed by atoms with Gasteiger partial charge in [-0.1, -0.05) is 37.8 Å². The monoisotopic (exact) mass is 394 g/mol. The third kappa shape index (κ3) is 4.01. The summed E-state index contributed by atoms with van der Waals surface area (Å²) in [6.45, 7) is 10.9. The SMILES string of the molecule is C[Si](C)(C)CCOCN1C(=O)C2(CCN(CCCl)CC2)c2ccccc21. The molecule has 6 heteroatoms. The van der Waals surface area contributed by atoms with Gasteiger partial charge in [0.25, 0.3) is 0 Å². The molecule has 0 radical (unpaired) electrons. The number of nitrogens with zero attached hydrogens (tertiary/aromatic N) is 2. The highest BCUT2D eigenvalue weighted by Crippen LogP contribution is 2.47. The van der Waals surface area contributed by atoms with Crippen LogP contribution in [0.1, 0.15) is 18.4 Å². The van der Waals surface area contributed by atoms with Crippen LogP contribution >= 0.6 is 11.6 Å².